The van der Waals surface area contributed by atoms with E-state index in [0.29, 0.717) is 55.2 Å². The van der Waals surface area contributed by atoms with Crippen LogP contribution >= 0.6 is 0 Å². The Hall–Kier alpha value is -3.96. The Bertz CT molecular complexity index is 1460. The van der Waals surface area contributed by atoms with E-state index in [0.717, 1.165) is 70.0 Å². The zero-order valence-electron chi connectivity index (χ0n) is 31.8. The van der Waals surface area contributed by atoms with Gasteiger partial charge in [-0.15, -0.1) is 0 Å². The molecule has 1 saturated heterocycles. The SMILES string of the molecule is CCCCCCCOc1ccc(C(=O)OC2(C=O)CCC(C=O)(OC(=O)c3ccc(OCCCCCCOC4CCCCO4)c(OC)c3)CC2)cc1C. The predicted molar refractivity (Wildman–Crippen MR) is 199 cm³/mol. The molecule has 53 heavy (non-hydrogen) atoms. The smallest absolute Gasteiger partial charge is 0.339 e. The minimum atomic E-state index is -1.47. The quantitative estimate of drug-likeness (QED) is 0.0619. The number of unbranched alkanes of at least 4 members (excludes halogenated alkanes) is 7. The lowest BCUT2D eigenvalue weighted by atomic mass is 9.77. The number of rotatable bonds is 23. The van der Waals surface area contributed by atoms with E-state index in [1.165, 1.54) is 32.4 Å². The molecule has 0 bridgehead atoms. The second-order valence-electron chi connectivity index (χ2n) is 14.2. The van der Waals surface area contributed by atoms with E-state index in [9.17, 15) is 19.2 Å². The molecule has 1 saturated carbocycles. The molecule has 11 nitrogen and oxygen atoms in total. The molecule has 0 N–H and O–H groups in total. The van der Waals surface area contributed by atoms with E-state index in [2.05, 4.69) is 6.92 Å². The monoisotopic (exact) mass is 738 g/mol. The van der Waals surface area contributed by atoms with Crippen LogP contribution in [-0.4, -0.2) is 75.5 Å². The Morgan fingerprint density at radius 2 is 1.26 bits per heavy atom. The zero-order chi connectivity index (χ0) is 37.9. The van der Waals surface area contributed by atoms with Crippen molar-refractivity contribution < 1.29 is 52.3 Å². The fourth-order valence-electron chi connectivity index (χ4n) is 6.61. The van der Waals surface area contributed by atoms with E-state index >= 15 is 0 Å². The Balaban J connectivity index is 1.23. The van der Waals surface area contributed by atoms with Crippen molar-refractivity contribution in [1.29, 1.82) is 0 Å². The average Bonchev–Trinajstić information content (AvgIpc) is 3.18. The summed E-state index contributed by atoms with van der Waals surface area (Å²) in [5.41, 5.74) is -1.64. The summed E-state index contributed by atoms with van der Waals surface area (Å²) < 4.78 is 40.2. The molecule has 0 radical (unpaired) electrons. The van der Waals surface area contributed by atoms with Crippen molar-refractivity contribution in [1.82, 2.24) is 0 Å². The lowest BCUT2D eigenvalue weighted by Gasteiger charge is -2.39. The molecular formula is C42H58O11. The van der Waals surface area contributed by atoms with Crippen molar-refractivity contribution in [2.45, 2.75) is 134 Å². The summed E-state index contributed by atoms with van der Waals surface area (Å²) in [6, 6.07) is 9.78. The Morgan fingerprint density at radius 3 is 1.79 bits per heavy atom. The number of carbonyl (C=O) groups excluding carboxylic acids is 4. The largest absolute Gasteiger partial charge is 0.493 e. The van der Waals surface area contributed by atoms with Crippen LogP contribution in [0.1, 0.15) is 136 Å². The van der Waals surface area contributed by atoms with Crippen molar-refractivity contribution in [3.05, 3.63) is 53.1 Å². The molecular weight excluding hydrogens is 680 g/mol. The number of aldehydes is 2. The van der Waals surface area contributed by atoms with Gasteiger partial charge in [0, 0.05) is 13.2 Å². The van der Waals surface area contributed by atoms with Crippen molar-refractivity contribution in [2.24, 2.45) is 0 Å². The third kappa shape index (κ3) is 12.8. The second-order valence-corrected chi connectivity index (χ2v) is 14.2. The van der Waals surface area contributed by atoms with E-state index in [1.54, 1.807) is 30.3 Å². The number of ether oxygens (including phenoxy) is 7. The summed E-state index contributed by atoms with van der Waals surface area (Å²) in [6.45, 7) is 6.61. The Labute approximate surface area is 314 Å². The molecule has 0 spiro atoms. The number of esters is 2. The van der Waals surface area contributed by atoms with Gasteiger partial charge < -0.3 is 33.2 Å². The van der Waals surface area contributed by atoms with Crippen molar-refractivity contribution in [2.75, 3.05) is 33.5 Å². The number of benzene rings is 2. The molecule has 11 heteroatoms. The maximum Gasteiger partial charge on any atom is 0.339 e. The molecule has 1 atom stereocenters. The summed E-state index contributed by atoms with van der Waals surface area (Å²) in [4.78, 5) is 51.1. The molecule has 1 unspecified atom stereocenters. The van der Waals surface area contributed by atoms with Crippen LogP contribution in [0.15, 0.2) is 36.4 Å². The molecule has 1 aliphatic carbocycles. The van der Waals surface area contributed by atoms with Crippen LogP contribution in [0.3, 0.4) is 0 Å². The third-order valence-electron chi connectivity index (χ3n) is 10.0. The van der Waals surface area contributed by atoms with E-state index in [4.69, 9.17) is 33.2 Å². The van der Waals surface area contributed by atoms with Gasteiger partial charge in [-0.25, -0.2) is 9.59 Å². The maximum absolute atomic E-state index is 13.3. The van der Waals surface area contributed by atoms with Gasteiger partial charge in [0.15, 0.2) is 41.6 Å². The highest BCUT2D eigenvalue weighted by Crippen LogP contribution is 2.39. The summed E-state index contributed by atoms with van der Waals surface area (Å²) in [5.74, 6) is 0.208. The van der Waals surface area contributed by atoms with Gasteiger partial charge >= 0.3 is 11.9 Å². The lowest BCUT2D eigenvalue weighted by Crippen LogP contribution is -2.49. The van der Waals surface area contributed by atoms with Gasteiger partial charge in [-0.3, -0.25) is 9.59 Å². The van der Waals surface area contributed by atoms with Crippen molar-refractivity contribution in [3.8, 4) is 17.2 Å². The Morgan fingerprint density at radius 1 is 0.717 bits per heavy atom. The second kappa shape index (κ2) is 21.7. The normalized spacial score (nSPS) is 21.3. The van der Waals surface area contributed by atoms with Gasteiger partial charge in [-0.1, -0.05) is 39.0 Å². The molecule has 2 fully saturated rings. The third-order valence-corrected chi connectivity index (χ3v) is 10.0. The van der Waals surface area contributed by atoms with E-state index in [-0.39, 0.29) is 37.5 Å². The number of methoxy groups -OCH3 is 1. The topological polar surface area (TPSA) is 133 Å². The number of carbonyl (C=O) groups is 4. The van der Waals surface area contributed by atoms with Crippen LogP contribution in [0.25, 0.3) is 0 Å². The standard InChI is InChI=1S/C42H58O11/c1-4-5-6-7-11-24-48-35-18-16-33(28-32(35)2)39(45)52-41(30-43)20-22-42(31-44,23-21-41)53-40(46)34-17-19-36(37(29-34)47-3)49-25-12-8-9-13-26-50-38-15-10-14-27-51-38/h16-19,28-31,38H,4-15,20-27H2,1-3H3. The zero-order valence-corrected chi connectivity index (χ0v) is 31.8. The fraction of sp³-hybridized carbons (Fsp3) is 0.619. The first-order valence-electron chi connectivity index (χ1n) is 19.4. The number of aryl methyl sites for hydroxylation is 1. The molecule has 1 heterocycles. The first-order chi connectivity index (χ1) is 25.8. The molecule has 2 aromatic rings. The minimum Gasteiger partial charge on any atom is -0.493 e. The van der Waals surface area contributed by atoms with Crippen LogP contribution in [0.4, 0.5) is 0 Å². The van der Waals surface area contributed by atoms with E-state index in [1.807, 2.05) is 6.92 Å². The van der Waals surface area contributed by atoms with Gasteiger partial charge in [0.2, 0.25) is 0 Å². The predicted octanol–water partition coefficient (Wildman–Crippen LogP) is 8.30. The lowest BCUT2D eigenvalue weighted by molar-refractivity contribution is -0.162. The summed E-state index contributed by atoms with van der Waals surface area (Å²) in [6.07, 6.45) is 13.9. The first-order valence-corrected chi connectivity index (χ1v) is 19.4. The maximum atomic E-state index is 13.3. The van der Waals surface area contributed by atoms with Gasteiger partial charge in [-0.2, -0.15) is 0 Å². The van der Waals surface area contributed by atoms with E-state index < -0.39 is 23.1 Å². The van der Waals surface area contributed by atoms with Crippen LogP contribution < -0.4 is 14.2 Å². The summed E-state index contributed by atoms with van der Waals surface area (Å²) >= 11 is 0. The molecule has 2 aromatic carbocycles. The first kappa shape index (κ1) is 41.8. The van der Waals surface area contributed by atoms with Crippen LogP contribution in [0.2, 0.25) is 0 Å². The fourth-order valence-corrected chi connectivity index (χ4v) is 6.61. The van der Waals surface area contributed by atoms with Gasteiger partial charge in [-0.05, 0) is 120 Å². The average molecular weight is 739 g/mol. The van der Waals surface area contributed by atoms with Gasteiger partial charge in [0.25, 0.3) is 0 Å². The number of hydrogen-bond acceptors (Lipinski definition) is 11. The molecule has 4 rings (SSSR count). The number of hydrogen-bond donors (Lipinski definition) is 0. The molecule has 0 amide bonds. The van der Waals surface area contributed by atoms with Crippen LogP contribution in [0.5, 0.6) is 17.2 Å². The van der Waals surface area contributed by atoms with Crippen molar-refractivity contribution >= 4 is 24.5 Å². The summed E-state index contributed by atoms with van der Waals surface area (Å²) in [7, 11) is 1.49. The highest BCUT2D eigenvalue weighted by molar-refractivity contribution is 5.93. The van der Waals surface area contributed by atoms with Crippen LogP contribution in [-0.2, 0) is 28.5 Å². The van der Waals surface area contributed by atoms with Crippen molar-refractivity contribution in [3.63, 3.8) is 0 Å². The molecule has 2 aliphatic rings. The van der Waals surface area contributed by atoms with Crippen LogP contribution in [0, 0.1) is 6.92 Å². The van der Waals surface area contributed by atoms with Gasteiger partial charge in [0.05, 0.1) is 31.5 Å². The summed E-state index contributed by atoms with van der Waals surface area (Å²) in [5, 5.41) is 0. The Kier molecular flexibility index (Phi) is 17.1. The highest BCUT2D eigenvalue weighted by atomic mass is 16.7. The van der Waals surface area contributed by atoms with Gasteiger partial charge in [0.1, 0.15) is 5.75 Å². The molecule has 1 aliphatic heterocycles. The molecule has 0 aromatic heterocycles. The minimum absolute atomic E-state index is 0.0110. The molecule has 292 valence electrons. The highest BCUT2D eigenvalue weighted by Gasteiger charge is 2.48.